The molecule has 0 amide bonds. The molecular weight excluding hydrogens is 548 g/mol. The molecule has 0 radical (unpaired) electrons. The van der Waals surface area contributed by atoms with E-state index >= 15 is 0 Å². The Hall–Kier alpha value is -5.64. The van der Waals surface area contributed by atoms with E-state index in [2.05, 4.69) is 10.3 Å². The van der Waals surface area contributed by atoms with Gasteiger partial charge in [0.05, 0.1) is 37.7 Å². The van der Waals surface area contributed by atoms with Crippen molar-refractivity contribution in [1.29, 1.82) is 0 Å². The summed E-state index contributed by atoms with van der Waals surface area (Å²) < 4.78 is 13.1. The van der Waals surface area contributed by atoms with E-state index in [0.29, 0.717) is 57.3 Å². The van der Waals surface area contributed by atoms with Crippen LogP contribution in [0.5, 0.6) is 5.75 Å². The first-order valence-corrected chi connectivity index (χ1v) is 13.7. The van der Waals surface area contributed by atoms with Crippen LogP contribution >= 0.6 is 0 Å². The first-order valence-electron chi connectivity index (χ1n) is 13.7. The predicted molar refractivity (Wildman–Crippen MR) is 155 cm³/mol. The molecule has 0 spiro atoms. The third-order valence-electron chi connectivity index (χ3n) is 7.80. The zero-order valence-electron chi connectivity index (χ0n) is 23.0. The SMILES string of the molecule is COc1ccc(N(Cc2cn(CC3CC4=C(O3)c3ccccc3C(=O)C4=O)nn2)C2=CC(=O)c3ccccc3C2=O)cc1. The van der Waals surface area contributed by atoms with E-state index < -0.39 is 17.7 Å². The Labute approximate surface area is 245 Å². The summed E-state index contributed by atoms with van der Waals surface area (Å²) in [6, 6.07) is 20.9. The van der Waals surface area contributed by atoms with Gasteiger partial charge in [-0.05, 0) is 24.3 Å². The minimum absolute atomic E-state index is 0.153. The van der Waals surface area contributed by atoms with E-state index in [1.54, 1.807) is 95.7 Å². The number of allylic oxidation sites excluding steroid dienone is 2. The Morgan fingerprint density at radius 2 is 1.53 bits per heavy atom. The number of aromatic nitrogens is 3. The van der Waals surface area contributed by atoms with Gasteiger partial charge in [0.1, 0.15) is 23.3 Å². The Morgan fingerprint density at radius 1 is 0.860 bits per heavy atom. The van der Waals surface area contributed by atoms with E-state index in [1.807, 2.05) is 0 Å². The van der Waals surface area contributed by atoms with Crippen LogP contribution in [-0.2, 0) is 22.6 Å². The summed E-state index contributed by atoms with van der Waals surface area (Å²) in [5.41, 5.74) is 3.50. The Balaban J connectivity index is 1.14. The zero-order valence-corrected chi connectivity index (χ0v) is 23.0. The molecule has 212 valence electrons. The van der Waals surface area contributed by atoms with Crippen LogP contribution in [-0.4, -0.2) is 51.3 Å². The molecule has 1 aliphatic heterocycles. The van der Waals surface area contributed by atoms with Gasteiger partial charge in [0.25, 0.3) is 0 Å². The summed E-state index contributed by atoms with van der Waals surface area (Å²) in [5, 5.41) is 8.59. The number of nitrogens with zero attached hydrogens (tertiary/aromatic N) is 4. The van der Waals surface area contributed by atoms with E-state index in [1.165, 1.54) is 6.08 Å². The Kier molecular flexibility index (Phi) is 6.31. The van der Waals surface area contributed by atoms with E-state index in [0.717, 1.165) is 0 Å². The van der Waals surface area contributed by atoms with Gasteiger partial charge in [-0.3, -0.25) is 19.2 Å². The summed E-state index contributed by atoms with van der Waals surface area (Å²) in [6.07, 6.45) is 2.96. The molecule has 0 saturated heterocycles. The van der Waals surface area contributed by atoms with Crippen LogP contribution in [0.2, 0.25) is 0 Å². The van der Waals surface area contributed by atoms with Gasteiger partial charge in [0, 0.05) is 40.4 Å². The maximum atomic E-state index is 13.6. The number of methoxy groups -OCH3 is 1. The number of carbonyl (C=O) groups excluding carboxylic acids is 4. The maximum Gasteiger partial charge on any atom is 0.234 e. The van der Waals surface area contributed by atoms with Gasteiger partial charge in [-0.25, -0.2) is 4.68 Å². The van der Waals surface area contributed by atoms with Gasteiger partial charge in [0.15, 0.2) is 5.78 Å². The second-order valence-electron chi connectivity index (χ2n) is 10.4. The van der Waals surface area contributed by atoms with Gasteiger partial charge in [0.2, 0.25) is 17.3 Å². The maximum absolute atomic E-state index is 13.6. The predicted octanol–water partition coefficient (Wildman–Crippen LogP) is 4.22. The summed E-state index contributed by atoms with van der Waals surface area (Å²) in [5.74, 6) is -0.481. The standard InChI is InChI=1S/C33H24N4O6/c1-42-21-12-10-20(11-13-21)37(28-15-29(38)23-6-2-3-7-24(23)30(28)39)17-19-16-36(35-34-19)18-22-14-27-32(41)31(40)25-8-4-5-9-26(25)33(27)43-22/h2-13,15-16,22H,14,17-18H2,1H3. The topological polar surface area (TPSA) is 121 Å². The lowest BCUT2D eigenvalue weighted by atomic mass is 9.88. The summed E-state index contributed by atoms with van der Waals surface area (Å²) in [7, 11) is 1.57. The number of Topliss-reactive ketones (excluding diaryl/α,β-unsaturated/α-hetero) is 3. The molecule has 10 nitrogen and oxygen atoms in total. The number of ketones is 4. The molecule has 4 aromatic rings. The van der Waals surface area contributed by atoms with E-state index in [9.17, 15) is 19.2 Å². The second kappa shape index (κ2) is 10.3. The number of hydrogen-bond donors (Lipinski definition) is 0. The highest BCUT2D eigenvalue weighted by Gasteiger charge is 2.40. The molecule has 1 aromatic heterocycles. The monoisotopic (exact) mass is 572 g/mol. The van der Waals surface area contributed by atoms with Crippen molar-refractivity contribution in [3.8, 4) is 5.75 Å². The number of hydrogen-bond acceptors (Lipinski definition) is 9. The fourth-order valence-corrected chi connectivity index (χ4v) is 5.71. The minimum atomic E-state index is -0.535. The molecule has 10 heteroatoms. The van der Waals surface area contributed by atoms with Gasteiger partial charge in [-0.2, -0.15) is 0 Å². The highest BCUT2D eigenvalue weighted by Crippen LogP contribution is 2.39. The first-order chi connectivity index (χ1) is 20.9. The number of rotatable bonds is 7. The van der Waals surface area contributed by atoms with Crippen LogP contribution in [0.25, 0.3) is 5.76 Å². The fraction of sp³-hybridized carbons (Fsp3) is 0.152. The molecule has 2 aliphatic carbocycles. The summed E-state index contributed by atoms with van der Waals surface area (Å²) in [4.78, 5) is 53.7. The van der Waals surface area contributed by atoms with Crippen molar-refractivity contribution in [2.45, 2.75) is 25.6 Å². The summed E-state index contributed by atoms with van der Waals surface area (Å²) >= 11 is 0. The van der Waals surface area contributed by atoms with Crippen molar-refractivity contribution >= 4 is 34.6 Å². The quantitative estimate of drug-likeness (QED) is 0.300. The molecule has 43 heavy (non-hydrogen) atoms. The van der Waals surface area contributed by atoms with Crippen LogP contribution in [0.15, 0.2) is 96.3 Å². The number of anilines is 1. The molecule has 0 saturated carbocycles. The first kappa shape index (κ1) is 26.3. The molecule has 3 aliphatic rings. The van der Waals surface area contributed by atoms with Crippen LogP contribution in [0, 0.1) is 0 Å². The second-order valence-corrected chi connectivity index (χ2v) is 10.4. The number of fused-ring (bicyclic) bond motifs is 3. The van der Waals surface area contributed by atoms with Gasteiger partial charge >= 0.3 is 0 Å². The molecule has 7 rings (SSSR count). The molecule has 1 unspecified atom stereocenters. The minimum Gasteiger partial charge on any atom is -0.497 e. The molecule has 3 aromatic carbocycles. The summed E-state index contributed by atoms with van der Waals surface area (Å²) in [6.45, 7) is 0.444. The molecule has 2 heterocycles. The third-order valence-corrected chi connectivity index (χ3v) is 7.80. The third kappa shape index (κ3) is 4.53. The number of benzene rings is 3. The molecule has 0 fully saturated rings. The van der Waals surface area contributed by atoms with Crippen molar-refractivity contribution in [3.05, 3.63) is 124 Å². The lowest BCUT2D eigenvalue weighted by Gasteiger charge is -2.28. The Morgan fingerprint density at radius 3 is 2.26 bits per heavy atom. The van der Waals surface area contributed by atoms with Crippen molar-refractivity contribution in [1.82, 2.24) is 15.0 Å². The number of carbonyl (C=O) groups is 4. The van der Waals surface area contributed by atoms with Crippen molar-refractivity contribution in [3.63, 3.8) is 0 Å². The highest BCUT2D eigenvalue weighted by molar-refractivity contribution is 6.52. The molecule has 0 bridgehead atoms. The zero-order chi connectivity index (χ0) is 29.7. The van der Waals surface area contributed by atoms with E-state index in [4.69, 9.17) is 9.47 Å². The van der Waals surface area contributed by atoms with Gasteiger partial charge < -0.3 is 14.4 Å². The van der Waals surface area contributed by atoms with Crippen molar-refractivity contribution in [2.24, 2.45) is 0 Å². The van der Waals surface area contributed by atoms with Crippen LogP contribution < -0.4 is 9.64 Å². The van der Waals surface area contributed by atoms with Crippen LogP contribution in [0.1, 0.15) is 48.8 Å². The van der Waals surface area contributed by atoms with Crippen molar-refractivity contribution < 1.29 is 28.7 Å². The van der Waals surface area contributed by atoms with Crippen LogP contribution in [0.3, 0.4) is 0 Å². The van der Waals surface area contributed by atoms with Crippen LogP contribution in [0.4, 0.5) is 5.69 Å². The van der Waals surface area contributed by atoms with Gasteiger partial charge in [-0.1, -0.05) is 53.7 Å². The molecular formula is C33H24N4O6. The fourth-order valence-electron chi connectivity index (χ4n) is 5.71. The number of ether oxygens (including phenoxy) is 2. The largest absolute Gasteiger partial charge is 0.497 e. The lowest BCUT2D eigenvalue weighted by molar-refractivity contribution is -0.112. The van der Waals surface area contributed by atoms with Gasteiger partial charge in [-0.15, -0.1) is 5.10 Å². The smallest absolute Gasteiger partial charge is 0.234 e. The van der Waals surface area contributed by atoms with E-state index in [-0.39, 0.29) is 30.2 Å². The average molecular weight is 573 g/mol. The van der Waals surface area contributed by atoms with Crippen molar-refractivity contribution in [2.75, 3.05) is 12.0 Å². The molecule has 0 N–H and O–H groups in total. The normalized spacial score (nSPS) is 17.2. The highest BCUT2D eigenvalue weighted by atomic mass is 16.5. The molecule has 1 atom stereocenters. The lowest BCUT2D eigenvalue weighted by Crippen LogP contribution is -2.31. The average Bonchev–Trinajstić information content (AvgIpc) is 3.68. The Bertz CT molecular complexity index is 1900.